The van der Waals surface area contributed by atoms with Gasteiger partial charge in [-0.05, 0) is 36.8 Å². The predicted octanol–water partition coefficient (Wildman–Crippen LogP) is 7.83. The number of carbonyl (C=O) groups is 1. The van der Waals surface area contributed by atoms with Gasteiger partial charge in [0.2, 0.25) is 0 Å². The SMILES string of the molecule is CC.CC.CC.CC(=O)C(c1ccccc1)(c1ccccc1)C1CCCC1. The van der Waals surface area contributed by atoms with E-state index in [0.717, 1.165) is 24.0 Å². The number of hydrogen-bond donors (Lipinski definition) is 0. The fourth-order valence-corrected chi connectivity index (χ4v) is 4.09. The predicted molar refractivity (Wildman–Crippen MR) is 120 cm³/mol. The number of rotatable bonds is 4. The quantitative estimate of drug-likeness (QED) is 0.537. The van der Waals surface area contributed by atoms with E-state index in [9.17, 15) is 4.79 Å². The molecule has 0 bridgehead atoms. The lowest BCUT2D eigenvalue weighted by Crippen LogP contribution is -2.42. The first kappa shape index (κ1) is 25.1. The van der Waals surface area contributed by atoms with Gasteiger partial charge in [-0.2, -0.15) is 0 Å². The number of ketones is 1. The van der Waals surface area contributed by atoms with Crippen molar-refractivity contribution >= 4 is 5.78 Å². The maximum absolute atomic E-state index is 12.9. The summed E-state index contributed by atoms with van der Waals surface area (Å²) in [5.74, 6) is 0.687. The zero-order valence-corrected chi connectivity index (χ0v) is 18.6. The lowest BCUT2D eigenvalue weighted by atomic mass is 9.63. The molecule has 1 nitrogen and oxygen atoms in total. The molecule has 0 aromatic heterocycles. The first-order chi connectivity index (χ1) is 13.3. The van der Waals surface area contributed by atoms with Crippen LogP contribution in [0.1, 0.15) is 85.3 Å². The normalized spacial score (nSPS) is 13.1. The second-order valence-corrected chi connectivity index (χ2v) is 6.08. The molecule has 1 heteroatoms. The molecule has 1 saturated carbocycles. The topological polar surface area (TPSA) is 17.1 Å². The van der Waals surface area contributed by atoms with Gasteiger partial charge >= 0.3 is 0 Å². The standard InChI is InChI=1S/C20H22O.3C2H6/c1-16(21)20(19-14-8-9-15-19,17-10-4-2-5-11-17)18-12-6-3-7-13-18;3*1-2/h2-7,10-13,19H,8-9,14-15H2,1H3;3*1-2H3. The van der Waals surface area contributed by atoms with E-state index in [1.807, 2.05) is 77.9 Å². The average molecular weight is 369 g/mol. The summed E-state index contributed by atoms with van der Waals surface area (Å²) in [7, 11) is 0. The summed E-state index contributed by atoms with van der Waals surface area (Å²) < 4.78 is 0. The molecular formula is C26H40O. The minimum Gasteiger partial charge on any atom is -0.299 e. The third-order valence-electron chi connectivity index (χ3n) is 4.98. The lowest BCUT2D eigenvalue weighted by Gasteiger charge is -2.38. The van der Waals surface area contributed by atoms with Gasteiger partial charge in [0.15, 0.2) is 0 Å². The molecule has 0 spiro atoms. The summed E-state index contributed by atoms with van der Waals surface area (Å²) in [6.07, 6.45) is 4.76. The highest BCUT2D eigenvalue weighted by molar-refractivity contribution is 5.92. The summed E-state index contributed by atoms with van der Waals surface area (Å²) in [5.41, 5.74) is 1.82. The van der Waals surface area contributed by atoms with Crippen molar-refractivity contribution in [1.82, 2.24) is 0 Å². The Kier molecular flexibility index (Phi) is 13.2. The van der Waals surface area contributed by atoms with Gasteiger partial charge in [0.05, 0.1) is 5.41 Å². The van der Waals surface area contributed by atoms with Crippen LogP contribution in [-0.2, 0) is 10.2 Å². The minimum atomic E-state index is -0.473. The van der Waals surface area contributed by atoms with Crippen LogP contribution in [0.4, 0.5) is 0 Å². The van der Waals surface area contributed by atoms with Gasteiger partial charge in [-0.1, -0.05) is 115 Å². The highest BCUT2D eigenvalue weighted by Crippen LogP contribution is 2.47. The molecule has 0 aliphatic heterocycles. The van der Waals surface area contributed by atoms with Crippen LogP contribution in [-0.4, -0.2) is 5.78 Å². The molecule has 0 atom stereocenters. The molecule has 0 N–H and O–H groups in total. The molecule has 1 aliphatic rings. The Bertz CT molecular complexity index is 555. The molecule has 2 aromatic carbocycles. The van der Waals surface area contributed by atoms with Crippen LogP contribution in [0.3, 0.4) is 0 Å². The van der Waals surface area contributed by atoms with Crippen LogP contribution < -0.4 is 0 Å². The monoisotopic (exact) mass is 368 g/mol. The van der Waals surface area contributed by atoms with E-state index in [0.29, 0.717) is 5.92 Å². The third kappa shape index (κ3) is 5.79. The van der Waals surface area contributed by atoms with Crippen molar-refractivity contribution in [2.45, 2.75) is 79.6 Å². The lowest BCUT2D eigenvalue weighted by molar-refractivity contribution is -0.122. The number of carbonyl (C=O) groups excluding carboxylic acids is 1. The molecule has 1 aliphatic carbocycles. The molecule has 0 saturated heterocycles. The molecular weight excluding hydrogens is 328 g/mol. The molecule has 2 aromatic rings. The smallest absolute Gasteiger partial charge is 0.145 e. The summed E-state index contributed by atoms with van der Waals surface area (Å²) in [4.78, 5) is 12.9. The Hall–Kier alpha value is -1.89. The van der Waals surface area contributed by atoms with Crippen LogP contribution in [0.5, 0.6) is 0 Å². The van der Waals surface area contributed by atoms with Crippen LogP contribution in [0, 0.1) is 5.92 Å². The minimum absolute atomic E-state index is 0.270. The van der Waals surface area contributed by atoms with Crippen LogP contribution in [0.2, 0.25) is 0 Å². The van der Waals surface area contributed by atoms with Crippen molar-refractivity contribution in [1.29, 1.82) is 0 Å². The molecule has 3 rings (SSSR count). The molecule has 1 fully saturated rings. The van der Waals surface area contributed by atoms with Crippen molar-refractivity contribution in [3.63, 3.8) is 0 Å². The van der Waals surface area contributed by atoms with Crippen molar-refractivity contribution in [2.24, 2.45) is 5.92 Å². The average Bonchev–Trinajstić information content (AvgIpc) is 3.29. The van der Waals surface area contributed by atoms with E-state index in [2.05, 4.69) is 24.3 Å². The zero-order valence-electron chi connectivity index (χ0n) is 18.6. The van der Waals surface area contributed by atoms with Gasteiger partial charge in [-0.3, -0.25) is 4.79 Å². The van der Waals surface area contributed by atoms with Crippen LogP contribution in [0.25, 0.3) is 0 Å². The van der Waals surface area contributed by atoms with Gasteiger partial charge in [-0.15, -0.1) is 0 Å². The molecule has 0 amide bonds. The highest BCUT2D eigenvalue weighted by atomic mass is 16.1. The summed E-state index contributed by atoms with van der Waals surface area (Å²) in [6.45, 7) is 13.8. The Morgan fingerprint density at radius 3 is 1.33 bits per heavy atom. The van der Waals surface area contributed by atoms with E-state index in [4.69, 9.17) is 0 Å². The molecule has 150 valence electrons. The molecule has 0 radical (unpaired) electrons. The molecule has 0 heterocycles. The van der Waals surface area contributed by atoms with Gasteiger partial charge in [0.1, 0.15) is 5.78 Å². The van der Waals surface area contributed by atoms with Crippen LogP contribution in [0.15, 0.2) is 60.7 Å². The van der Waals surface area contributed by atoms with E-state index in [-0.39, 0.29) is 5.78 Å². The summed E-state index contributed by atoms with van der Waals surface area (Å²) in [6, 6.07) is 20.7. The van der Waals surface area contributed by atoms with Gasteiger partial charge in [-0.25, -0.2) is 0 Å². The second-order valence-electron chi connectivity index (χ2n) is 6.08. The largest absolute Gasteiger partial charge is 0.299 e. The zero-order chi connectivity index (χ0) is 20.7. The maximum atomic E-state index is 12.9. The van der Waals surface area contributed by atoms with Gasteiger partial charge in [0.25, 0.3) is 0 Å². The Morgan fingerprint density at radius 2 is 1.04 bits per heavy atom. The molecule has 27 heavy (non-hydrogen) atoms. The number of Topliss-reactive ketones (excluding diaryl/α,β-unsaturated/α-hetero) is 1. The number of hydrogen-bond acceptors (Lipinski definition) is 1. The Balaban J connectivity index is 0.00000103. The first-order valence-corrected chi connectivity index (χ1v) is 10.9. The summed E-state index contributed by atoms with van der Waals surface area (Å²) >= 11 is 0. The van der Waals surface area contributed by atoms with Crippen molar-refractivity contribution in [3.05, 3.63) is 71.8 Å². The van der Waals surface area contributed by atoms with Crippen molar-refractivity contribution in [2.75, 3.05) is 0 Å². The fourth-order valence-electron chi connectivity index (χ4n) is 4.09. The van der Waals surface area contributed by atoms with Gasteiger partial charge in [0, 0.05) is 0 Å². The Morgan fingerprint density at radius 1 is 0.704 bits per heavy atom. The second kappa shape index (κ2) is 14.2. The van der Waals surface area contributed by atoms with Crippen molar-refractivity contribution in [3.8, 4) is 0 Å². The first-order valence-electron chi connectivity index (χ1n) is 10.9. The summed E-state index contributed by atoms with van der Waals surface area (Å²) in [5, 5.41) is 0. The van der Waals surface area contributed by atoms with Gasteiger partial charge < -0.3 is 0 Å². The molecule has 0 unspecified atom stereocenters. The van der Waals surface area contributed by atoms with E-state index in [1.165, 1.54) is 12.8 Å². The Labute approximate surface area is 168 Å². The van der Waals surface area contributed by atoms with E-state index < -0.39 is 5.41 Å². The number of benzene rings is 2. The fraction of sp³-hybridized carbons (Fsp3) is 0.500. The van der Waals surface area contributed by atoms with Crippen molar-refractivity contribution < 1.29 is 4.79 Å². The highest BCUT2D eigenvalue weighted by Gasteiger charge is 2.46. The maximum Gasteiger partial charge on any atom is 0.145 e. The van der Waals surface area contributed by atoms with E-state index in [1.54, 1.807) is 6.92 Å². The third-order valence-corrected chi connectivity index (χ3v) is 4.98. The van der Waals surface area contributed by atoms with E-state index >= 15 is 0 Å². The van der Waals surface area contributed by atoms with Crippen LogP contribution >= 0.6 is 0 Å².